The molecule has 0 saturated heterocycles. The minimum atomic E-state index is -4.51. The van der Waals surface area contributed by atoms with Crippen LogP contribution in [0.3, 0.4) is 0 Å². The maximum Gasteiger partial charge on any atom is 0.416 e. The Morgan fingerprint density at radius 3 is 2.42 bits per heavy atom. The van der Waals surface area contributed by atoms with Crippen LogP contribution in [0.4, 0.5) is 18.9 Å². The molecule has 0 spiro atoms. The van der Waals surface area contributed by atoms with E-state index < -0.39 is 17.3 Å². The third kappa shape index (κ3) is 2.73. The second kappa shape index (κ2) is 5.87. The fraction of sp³-hybridized carbons (Fsp3) is 0.118. The number of hydrogen-bond acceptors (Lipinski definition) is 2. The lowest BCUT2D eigenvalue weighted by Gasteiger charge is -2.16. The molecule has 0 fully saturated rings. The van der Waals surface area contributed by atoms with Crippen molar-refractivity contribution in [2.24, 2.45) is 0 Å². The van der Waals surface area contributed by atoms with Gasteiger partial charge in [0.1, 0.15) is 0 Å². The molecule has 2 aromatic carbocycles. The summed E-state index contributed by atoms with van der Waals surface area (Å²) in [5.41, 5.74) is -0.388. The van der Waals surface area contributed by atoms with Crippen LogP contribution in [-0.4, -0.2) is 11.6 Å². The normalized spacial score (nSPS) is 11.7. The van der Waals surface area contributed by atoms with Crippen molar-refractivity contribution in [2.45, 2.75) is 6.18 Å². The largest absolute Gasteiger partial charge is 0.416 e. The molecule has 1 N–H and O–H groups in total. The lowest BCUT2D eigenvalue weighted by Crippen LogP contribution is -2.19. The van der Waals surface area contributed by atoms with E-state index in [4.69, 9.17) is 11.6 Å². The quantitative estimate of drug-likeness (QED) is 0.725. The highest BCUT2D eigenvalue weighted by Crippen LogP contribution is 2.34. The number of para-hydroxylation sites is 1. The number of fused-ring (bicyclic) bond motifs is 1. The fourth-order valence-corrected chi connectivity index (χ4v) is 2.81. The molecular weight excluding hydrogens is 341 g/mol. The van der Waals surface area contributed by atoms with Crippen LogP contribution < -0.4 is 10.9 Å². The molecule has 0 aliphatic rings. The van der Waals surface area contributed by atoms with E-state index in [0.29, 0.717) is 16.8 Å². The number of hydrogen-bond donors (Lipinski definition) is 1. The molecule has 1 aromatic heterocycles. The van der Waals surface area contributed by atoms with Crippen molar-refractivity contribution < 1.29 is 13.2 Å². The van der Waals surface area contributed by atoms with Gasteiger partial charge in [-0.2, -0.15) is 13.2 Å². The summed E-state index contributed by atoms with van der Waals surface area (Å²) in [6.07, 6.45) is -4.51. The Labute approximate surface area is 140 Å². The molecule has 0 saturated carbocycles. The molecule has 7 heteroatoms. The van der Waals surface area contributed by atoms with Crippen LogP contribution in [0.25, 0.3) is 16.6 Å². The first-order chi connectivity index (χ1) is 11.3. The monoisotopic (exact) mass is 352 g/mol. The molecule has 1 heterocycles. The van der Waals surface area contributed by atoms with Crippen LogP contribution in [0.2, 0.25) is 5.02 Å². The Balaban J connectivity index is 2.46. The molecule has 0 amide bonds. The van der Waals surface area contributed by atoms with Crippen molar-refractivity contribution >= 4 is 28.2 Å². The van der Waals surface area contributed by atoms with Gasteiger partial charge in [0.15, 0.2) is 0 Å². The van der Waals surface area contributed by atoms with E-state index in [2.05, 4.69) is 5.32 Å². The summed E-state index contributed by atoms with van der Waals surface area (Å²) < 4.78 is 40.4. The Bertz CT molecular complexity index is 980. The van der Waals surface area contributed by atoms with E-state index in [1.54, 1.807) is 31.3 Å². The highest BCUT2D eigenvalue weighted by atomic mass is 35.5. The van der Waals surface area contributed by atoms with Gasteiger partial charge in [-0.05, 0) is 24.3 Å². The van der Waals surface area contributed by atoms with Crippen LogP contribution >= 0.6 is 11.6 Å². The molecule has 24 heavy (non-hydrogen) atoms. The van der Waals surface area contributed by atoms with Crippen molar-refractivity contribution in [1.82, 2.24) is 4.57 Å². The molecule has 3 nitrogen and oxygen atoms in total. The van der Waals surface area contributed by atoms with Crippen molar-refractivity contribution in [3.8, 4) is 5.69 Å². The summed E-state index contributed by atoms with van der Waals surface area (Å²) in [6.45, 7) is 0. The van der Waals surface area contributed by atoms with Gasteiger partial charge in [-0.1, -0.05) is 29.8 Å². The first kappa shape index (κ1) is 16.4. The average Bonchev–Trinajstić information content (AvgIpc) is 2.54. The summed E-state index contributed by atoms with van der Waals surface area (Å²) in [4.78, 5) is 12.5. The highest BCUT2D eigenvalue weighted by molar-refractivity contribution is 6.32. The first-order valence-corrected chi connectivity index (χ1v) is 7.40. The van der Waals surface area contributed by atoms with Gasteiger partial charge in [0, 0.05) is 24.2 Å². The fourth-order valence-electron chi connectivity index (χ4n) is 2.59. The Hall–Kier alpha value is -2.47. The van der Waals surface area contributed by atoms with Crippen molar-refractivity contribution in [1.29, 1.82) is 0 Å². The van der Waals surface area contributed by atoms with Crippen LogP contribution in [0, 0.1) is 0 Å². The number of nitrogens with zero attached hydrogens (tertiary/aromatic N) is 1. The van der Waals surface area contributed by atoms with E-state index in [-0.39, 0.29) is 10.5 Å². The lowest BCUT2D eigenvalue weighted by atomic mass is 10.1. The molecule has 0 unspecified atom stereocenters. The van der Waals surface area contributed by atoms with Gasteiger partial charge >= 0.3 is 6.18 Å². The predicted octanol–water partition coefficient (Wildman–Crippen LogP) is 4.70. The zero-order valence-corrected chi connectivity index (χ0v) is 13.2. The standard InChI is InChI=1S/C17H12ClF3N2O/c1-22-13-9-16(24)23(14-5-3-2-4-12(14)18)15-8-10(17(19,20)21)6-7-11(13)15/h2-9,22H,1H3. The van der Waals surface area contributed by atoms with Crippen LogP contribution in [-0.2, 0) is 6.18 Å². The van der Waals surface area contributed by atoms with Gasteiger partial charge in [0.25, 0.3) is 5.56 Å². The average molecular weight is 353 g/mol. The number of halogens is 4. The predicted molar refractivity (Wildman–Crippen MR) is 89.1 cm³/mol. The SMILES string of the molecule is CNc1cc(=O)n(-c2ccccc2Cl)c2cc(C(F)(F)F)ccc12. The number of nitrogens with one attached hydrogen (secondary N) is 1. The molecule has 0 radical (unpaired) electrons. The van der Waals surface area contributed by atoms with Crippen LogP contribution in [0.5, 0.6) is 0 Å². The second-order valence-electron chi connectivity index (χ2n) is 5.16. The zero-order chi connectivity index (χ0) is 17.5. The number of aromatic nitrogens is 1. The maximum absolute atomic E-state index is 13.1. The summed E-state index contributed by atoms with van der Waals surface area (Å²) in [6, 6.07) is 11.1. The number of pyridine rings is 1. The Morgan fingerprint density at radius 1 is 1.08 bits per heavy atom. The van der Waals surface area contributed by atoms with Crippen molar-refractivity contribution in [3.63, 3.8) is 0 Å². The van der Waals surface area contributed by atoms with Gasteiger partial charge in [-0.15, -0.1) is 0 Å². The molecule has 0 aliphatic heterocycles. The van der Waals surface area contributed by atoms with E-state index in [0.717, 1.165) is 12.1 Å². The summed E-state index contributed by atoms with van der Waals surface area (Å²) in [5, 5.41) is 3.60. The van der Waals surface area contributed by atoms with Gasteiger partial charge in [0.05, 0.1) is 21.8 Å². The van der Waals surface area contributed by atoms with E-state index in [1.165, 1.54) is 16.7 Å². The van der Waals surface area contributed by atoms with Gasteiger partial charge in [0.2, 0.25) is 0 Å². The third-order valence-corrected chi connectivity index (χ3v) is 4.03. The topological polar surface area (TPSA) is 34.0 Å². The molecule has 0 atom stereocenters. The van der Waals surface area contributed by atoms with Crippen molar-refractivity contribution in [3.05, 3.63) is 69.5 Å². The smallest absolute Gasteiger partial charge is 0.387 e. The summed E-state index contributed by atoms with van der Waals surface area (Å²) >= 11 is 6.14. The molecule has 3 rings (SSSR count). The van der Waals surface area contributed by atoms with E-state index in [9.17, 15) is 18.0 Å². The summed E-state index contributed by atoms with van der Waals surface area (Å²) in [7, 11) is 1.60. The van der Waals surface area contributed by atoms with Crippen LogP contribution in [0.1, 0.15) is 5.56 Å². The van der Waals surface area contributed by atoms with E-state index >= 15 is 0 Å². The number of alkyl halides is 3. The van der Waals surface area contributed by atoms with E-state index in [1.807, 2.05) is 0 Å². The molecule has 3 aromatic rings. The number of benzene rings is 2. The molecular formula is C17H12ClF3N2O. The van der Waals surface area contributed by atoms with Crippen molar-refractivity contribution in [2.75, 3.05) is 12.4 Å². The first-order valence-electron chi connectivity index (χ1n) is 7.02. The maximum atomic E-state index is 13.1. The second-order valence-corrected chi connectivity index (χ2v) is 5.57. The third-order valence-electron chi connectivity index (χ3n) is 3.71. The minimum Gasteiger partial charge on any atom is -0.387 e. The lowest BCUT2D eigenvalue weighted by molar-refractivity contribution is -0.137. The number of rotatable bonds is 2. The number of anilines is 1. The zero-order valence-electron chi connectivity index (χ0n) is 12.5. The molecule has 0 aliphatic carbocycles. The van der Waals surface area contributed by atoms with Crippen LogP contribution in [0.15, 0.2) is 53.3 Å². The van der Waals surface area contributed by atoms with Gasteiger partial charge in [-0.25, -0.2) is 0 Å². The highest BCUT2D eigenvalue weighted by Gasteiger charge is 2.31. The Kier molecular flexibility index (Phi) is 4.01. The summed E-state index contributed by atoms with van der Waals surface area (Å²) in [5.74, 6) is 0. The molecule has 0 bridgehead atoms. The van der Waals surface area contributed by atoms with Gasteiger partial charge in [-0.3, -0.25) is 9.36 Å². The molecule has 124 valence electrons. The van der Waals surface area contributed by atoms with Gasteiger partial charge < -0.3 is 5.32 Å². The minimum absolute atomic E-state index is 0.134. The Morgan fingerprint density at radius 2 is 1.79 bits per heavy atom.